The Kier molecular flexibility index (Phi) is 7.79. The molecular weight excluding hydrogens is 388 g/mol. The van der Waals surface area contributed by atoms with Gasteiger partial charge in [-0.15, -0.1) is 0 Å². The molecule has 0 aromatic heterocycles. The molecule has 0 radical (unpaired) electrons. The maximum absolute atomic E-state index is 13.0. The second-order valence-corrected chi connectivity index (χ2v) is 7.99. The van der Waals surface area contributed by atoms with E-state index in [-0.39, 0.29) is 30.7 Å². The maximum Gasteiger partial charge on any atom is 0.326 e. The number of para-hydroxylation sites is 2. The van der Waals surface area contributed by atoms with Crippen molar-refractivity contribution in [2.24, 2.45) is 11.8 Å². The minimum absolute atomic E-state index is 0.0754. The molecule has 0 spiro atoms. The van der Waals surface area contributed by atoms with Crippen molar-refractivity contribution in [3.63, 3.8) is 0 Å². The predicted molar refractivity (Wildman–Crippen MR) is 113 cm³/mol. The molecule has 1 aromatic carbocycles. The monoisotopic (exact) mass is 418 g/mol. The molecule has 1 aliphatic rings. The highest BCUT2D eigenvalue weighted by atomic mass is 16.4. The van der Waals surface area contributed by atoms with Gasteiger partial charge in [0, 0.05) is 0 Å². The van der Waals surface area contributed by atoms with Crippen molar-refractivity contribution in [1.82, 2.24) is 10.6 Å². The van der Waals surface area contributed by atoms with Gasteiger partial charge in [0.25, 0.3) is 0 Å². The number of benzene rings is 1. The van der Waals surface area contributed by atoms with Gasteiger partial charge < -0.3 is 21.1 Å². The number of nitrogens with one attached hydrogen (secondary N) is 3. The SMILES string of the molecule is CC[C@H](C)[C@H](NC(=O)N1CC(=O)Nc2ccccc21)C(=O)N[C@@H](CC(C)C)C(=O)O. The highest BCUT2D eigenvalue weighted by molar-refractivity contribution is 6.10. The van der Waals surface area contributed by atoms with Crippen molar-refractivity contribution in [3.05, 3.63) is 24.3 Å². The number of carbonyl (C=O) groups excluding carboxylic acids is 3. The van der Waals surface area contributed by atoms with Gasteiger partial charge in [-0.1, -0.05) is 46.2 Å². The molecule has 0 saturated carbocycles. The number of carbonyl (C=O) groups is 4. The Morgan fingerprint density at radius 1 is 1.17 bits per heavy atom. The number of aliphatic carboxylic acids is 1. The van der Waals surface area contributed by atoms with E-state index in [1.54, 1.807) is 31.2 Å². The summed E-state index contributed by atoms with van der Waals surface area (Å²) in [5.74, 6) is -2.17. The number of carboxylic acid groups (broad SMARTS) is 1. The summed E-state index contributed by atoms with van der Waals surface area (Å²) in [4.78, 5) is 50.7. The highest BCUT2D eigenvalue weighted by Crippen LogP contribution is 2.29. The first kappa shape index (κ1) is 23.2. The van der Waals surface area contributed by atoms with Gasteiger partial charge in [-0.05, 0) is 30.4 Å². The third kappa shape index (κ3) is 5.71. The summed E-state index contributed by atoms with van der Waals surface area (Å²) in [5.41, 5.74) is 1.04. The Labute approximate surface area is 176 Å². The minimum atomic E-state index is -1.12. The lowest BCUT2D eigenvalue weighted by Gasteiger charge is -2.32. The van der Waals surface area contributed by atoms with Crippen molar-refractivity contribution in [1.29, 1.82) is 0 Å². The molecule has 0 unspecified atom stereocenters. The molecule has 9 nitrogen and oxygen atoms in total. The molecule has 4 amide bonds. The number of hydrogen-bond donors (Lipinski definition) is 4. The van der Waals surface area contributed by atoms with Gasteiger partial charge in [0.15, 0.2) is 0 Å². The van der Waals surface area contributed by atoms with Gasteiger partial charge in [0.1, 0.15) is 18.6 Å². The second-order valence-electron chi connectivity index (χ2n) is 7.99. The number of anilines is 2. The molecule has 1 heterocycles. The fourth-order valence-electron chi connectivity index (χ4n) is 3.28. The van der Waals surface area contributed by atoms with Crippen LogP contribution in [0.15, 0.2) is 24.3 Å². The van der Waals surface area contributed by atoms with Crippen LogP contribution in [-0.4, -0.2) is 47.5 Å². The summed E-state index contributed by atoms with van der Waals surface area (Å²) in [7, 11) is 0. The molecule has 0 bridgehead atoms. The van der Waals surface area contributed by atoms with Gasteiger partial charge in [-0.25, -0.2) is 9.59 Å². The quantitative estimate of drug-likeness (QED) is 0.514. The number of amides is 4. The van der Waals surface area contributed by atoms with E-state index < -0.39 is 30.0 Å². The lowest BCUT2D eigenvalue weighted by Crippen LogP contribution is -2.57. The number of rotatable bonds is 8. The van der Waals surface area contributed by atoms with Crippen LogP contribution in [0, 0.1) is 11.8 Å². The lowest BCUT2D eigenvalue weighted by atomic mass is 9.97. The van der Waals surface area contributed by atoms with Crippen LogP contribution in [0.3, 0.4) is 0 Å². The van der Waals surface area contributed by atoms with Gasteiger partial charge in [0.05, 0.1) is 11.4 Å². The molecule has 9 heteroatoms. The first-order valence-electron chi connectivity index (χ1n) is 10.1. The van der Waals surface area contributed by atoms with Crippen LogP contribution in [0.2, 0.25) is 0 Å². The van der Waals surface area contributed by atoms with Crippen LogP contribution in [0.5, 0.6) is 0 Å². The summed E-state index contributed by atoms with van der Waals surface area (Å²) >= 11 is 0. The molecule has 3 atom stereocenters. The molecule has 4 N–H and O–H groups in total. The van der Waals surface area contributed by atoms with Crippen LogP contribution in [0.4, 0.5) is 16.2 Å². The zero-order valence-electron chi connectivity index (χ0n) is 17.8. The van der Waals surface area contributed by atoms with E-state index in [1.165, 1.54) is 4.90 Å². The topological polar surface area (TPSA) is 128 Å². The Balaban J connectivity index is 2.20. The largest absolute Gasteiger partial charge is 0.480 e. The normalized spacial score (nSPS) is 16.2. The van der Waals surface area contributed by atoms with E-state index in [9.17, 15) is 24.3 Å². The summed E-state index contributed by atoms with van der Waals surface area (Å²) in [6.07, 6.45) is 0.874. The Bertz CT molecular complexity index is 810. The Morgan fingerprint density at radius 3 is 2.43 bits per heavy atom. The zero-order chi connectivity index (χ0) is 22.4. The van der Waals surface area contributed by atoms with Crippen molar-refractivity contribution in [2.45, 2.75) is 52.6 Å². The van der Waals surface area contributed by atoms with Gasteiger partial charge >= 0.3 is 12.0 Å². The lowest BCUT2D eigenvalue weighted by molar-refractivity contribution is -0.142. The van der Waals surface area contributed by atoms with Crippen LogP contribution in [0.1, 0.15) is 40.5 Å². The number of fused-ring (bicyclic) bond motifs is 1. The maximum atomic E-state index is 13.0. The molecule has 1 aliphatic heterocycles. The molecular formula is C21H30N4O5. The molecule has 2 rings (SSSR count). The van der Waals surface area contributed by atoms with E-state index in [2.05, 4.69) is 16.0 Å². The van der Waals surface area contributed by atoms with E-state index in [0.29, 0.717) is 17.8 Å². The number of urea groups is 1. The summed E-state index contributed by atoms with van der Waals surface area (Å²) in [5, 5.41) is 17.4. The van der Waals surface area contributed by atoms with E-state index >= 15 is 0 Å². The molecule has 164 valence electrons. The molecule has 0 aliphatic carbocycles. The number of hydrogen-bond acceptors (Lipinski definition) is 4. The first-order valence-corrected chi connectivity index (χ1v) is 10.1. The third-order valence-electron chi connectivity index (χ3n) is 5.11. The van der Waals surface area contributed by atoms with Gasteiger partial charge in [0.2, 0.25) is 11.8 Å². The van der Waals surface area contributed by atoms with Crippen molar-refractivity contribution in [3.8, 4) is 0 Å². The summed E-state index contributed by atoms with van der Waals surface area (Å²) in [6.45, 7) is 7.25. The number of nitrogens with zero attached hydrogens (tertiary/aromatic N) is 1. The van der Waals surface area contributed by atoms with Crippen LogP contribution >= 0.6 is 0 Å². The fourth-order valence-corrected chi connectivity index (χ4v) is 3.28. The average Bonchev–Trinajstić information content (AvgIpc) is 2.69. The summed E-state index contributed by atoms with van der Waals surface area (Å²) in [6, 6.07) is 4.32. The van der Waals surface area contributed by atoms with Crippen LogP contribution in [-0.2, 0) is 14.4 Å². The summed E-state index contributed by atoms with van der Waals surface area (Å²) < 4.78 is 0. The zero-order valence-corrected chi connectivity index (χ0v) is 17.8. The van der Waals surface area contributed by atoms with Crippen LogP contribution < -0.4 is 20.9 Å². The van der Waals surface area contributed by atoms with Crippen LogP contribution in [0.25, 0.3) is 0 Å². The smallest absolute Gasteiger partial charge is 0.326 e. The third-order valence-corrected chi connectivity index (χ3v) is 5.11. The van der Waals surface area contributed by atoms with Crippen molar-refractivity contribution < 1.29 is 24.3 Å². The number of carboxylic acids is 1. The minimum Gasteiger partial charge on any atom is -0.480 e. The molecule has 30 heavy (non-hydrogen) atoms. The molecule has 0 fully saturated rings. The molecule has 1 aromatic rings. The van der Waals surface area contributed by atoms with E-state index in [1.807, 2.05) is 20.8 Å². The highest BCUT2D eigenvalue weighted by Gasteiger charge is 2.33. The van der Waals surface area contributed by atoms with E-state index in [0.717, 1.165) is 0 Å². The Morgan fingerprint density at radius 2 is 1.83 bits per heavy atom. The second kappa shape index (κ2) is 10.1. The average molecular weight is 418 g/mol. The Hall–Kier alpha value is -3.10. The van der Waals surface area contributed by atoms with E-state index in [4.69, 9.17) is 0 Å². The fraction of sp³-hybridized carbons (Fsp3) is 0.524. The standard InChI is InChI=1S/C21H30N4O5/c1-5-13(4)18(19(27)23-15(20(28)29)10-12(2)3)24-21(30)25-11-17(26)22-14-8-6-7-9-16(14)25/h6-9,12-13,15,18H,5,10-11H2,1-4H3,(H,22,26)(H,23,27)(H,24,30)(H,28,29)/t13-,15-,18-/m0/s1. The predicted octanol–water partition coefficient (Wildman–Crippen LogP) is 2.18. The van der Waals surface area contributed by atoms with Gasteiger partial charge in [-0.2, -0.15) is 0 Å². The molecule has 0 saturated heterocycles. The van der Waals surface area contributed by atoms with Gasteiger partial charge in [-0.3, -0.25) is 14.5 Å². The first-order chi connectivity index (χ1) is 14.1. The van der Waals surface area contributed by atoms with Crippen molar-refractivity contribution >= 4 is 35.2 Å². The van der Waals surface area contributed by atoms with Crippen molar-refractivity contribution in [2.75, 3.05) is 16.8 Å².